The van der Waals surface area contributed by atoms with Gasteiger partial charge >= 0.3 is 0 Å². The van der Waals surface area contributed by atoms with Gasteiger partial charge in [-0.05, 0) is 20.1 Å². The van der Waals surface area contributed by atoms with Crippen molar-refractivity contribution in [2.75, 3.05) is 20.1 Å². The Kier molecular flexibility index (Phi) is 1.69. The van der Waals surface area contributed by atoms with Gasteiger partial charge in [0.05, 0.1) is 0 Å². The molecule has 0 aromatic carbocycles. The molecule has 1 aliphatic heterocycles. The third kappa shape index (κ3) is 1.48. The van der Waals surface area contributed by atoms with Gasteiger partial charge in [0, 0.05) is 0 Å². The SMILES string of the molecule is CN1CC[CH-]CC1. The lowest BCUT2D eigenvalue weighted by molar-refractivity contribution is 0.310. The van der Waals surface area contributed by atoms with Crippen LogP contribution in [0.4, 0.5) is 0 Å². The molecule has 1 heteroatoms. The molecule has 0 radical (unpaired) electrons. The highest BCUT2D eigenvalue weighted by Gasteiger charge is 1.94. The Morgan fingerprint density at radius 2 is 1.86 bits per heavy atom. The molecule has 0 aromatic rings. The van der Waals surface area contributed by atoms with Crippen LogP contribution in [0.15, 0.2) is 0 Å². The van der Waals surface area contributed by atoms with Gasteiger partial charge in [-0.3, -0.25) is 0 Å². The van der Waals surface area contributed by atoms with Crippen LogP contribution in [0.2, 0.25) is 0 Å². The van der Waals surface area contributed by atoms with Crippen molar-refractivity contribution in [1.29, 1.82) is 0 Å². The molecule has 1 fully saturated rings. The van der Waals surface area contributed by atoms with Crippen LogP contribution in [-0.4, -0.2) is 25.0 Å². The Morgan fingerprint density at radius 3 is 2.14 bits per heavy atom. The number of hydrogen-bond acceptors (Lipinski definition) is 1. The quantitative estimate of drug-likeness (QED) is 0.407. The Hall–Kier alpha value is -0.0400. The molecule has 0 aromatic heterocycles. The summed E-state index contributed by atoms with van der Waals surface area (Å²) in [4.78, 5) is 2.36. The Balaban J connectivity index is 2.12. The van der Waals surface area contributed by atoms with Gasteiger partial charge in [0.15, 0.2) is 0 Å². The Bertz CT molecular complexity index is 46.1. The summed E-state index contributed by atoms with van der Waals surface area (Å²) in [6, 6.07) is 0. The Morgan fingerprint density at radius 1 is 1.29 bits per heavy atom. The maximum Gasteiger partial charge on any atom is -0.0136 e. The van der Waals surface area contributed by atoms with Crippen LogP contribution in [0, 0.1) is 6.42 Å². The van der Waals surface area contributed by atoms with Crippen molar-refractivity contribution in [3.8, 4) is 0 Å². The van der Waals surface area contributed by atoms with E-state index in [1.54, 1.807) is 0 Å². The van der Waals surface area contributed by atoms with Crippen LogP contribution in [0.3, 0.4) is 0 Å². The molecule has 0 N–H and O–H groups in total. The normalized spacial score (nSPS) is 25.3. The third-order valence-electron chi connectivity index (χ3n) is 1.43. The summed E-state index contributed by atoms with van der Waals surface area (Å²) in [5.41, 5.74) is 0. The molecule has 1 heterocycles. The molecule has 1 aliphatic rings. The van der Waals surface area contributed by atoms with Crippen LogP contribution in [0.1, 0.15) is 12.8 Å². The molecule has 0 atom stereocenters. The Labute approximate surface area is 45.3 Å². The van der Waals surface area contributed by atoms with E-state index >= 15 is 0 Å². The first-order valence-electron chi connectivity index (χ1n) is 2.90. The number of hydrogen-bond donors (Lipinski definition) is 0. The van der Waals surface area contributed by atoms with Crippen molar-refractivity contribution >= 4 is 0 Å². The summed E-state index contributed by atoms with van der Waals surface area (Å²) >= 11 is 0. The molecule has 1 rings (SSSR count). The molecule has 1 nitrogen and oxygen atoms in total. The average Bonchev–Trinajstić information content (AvgIpc) is 1.69. The molecule has 0 spiro atoms. The molecule has 0 bridgehead atoms. The van der Waals surface area contributed by atoms with Crippen LogP contribution < -0.4 is 0 Å². The number of likely N-dealkylation sites (tertiary alicyclic amines) is 1. The number of nitrogens with zero attached hydrogens (tertiary/aromatic N) is 1. The highest BCUT2D eigenvalue weighted by Crippen LogP contribution is 2.03. The van der Waals surface area contributed by atoms with Crippen LogP contribution in [-0.2, 0) is 0 Å². The lowest BCUT2D eigenvalue weighted by atomic mass is 10.1. The largest absolute Gasteiger partial charge is 0.326 e. The molecular weight excluding hydrogens is 86.1 g/mol. The zero-order valence-corrected chi connectivity index (χ0v) is 4.85. The van der Waals surface area contributed by atoms with E-state index < -0.39 is 0 Å². The number of piperidine rings is 1. The van der Waals surface area contributed by atoms with E-state index in [2.05, 4.69) is 18.4 Å². The summed E-state index contributed by atoms with van der Waals surface area (Å²) in [6.45, 7) is 2.53. The predicted molar refractivity (Wildman–Crippen MR) is 31.0 cm³/mol. The molecule has 1 saturated heterocycles. The fraction of sp³-hybridized carbons (Fsp3) is 0.833. The molecule has 0 unspecified atom stereocenters. The summed E-state index contributed by atoms with van der Waals surface area (Å²) in [6.07, 6.45) is 4.94. The van der Waals surface area contributed by atoms with Crippen molar-refractivity contribution in [2.24, 2.45) is 0 Å². The van der Waals surface area contributed by atoms with Crippen molar-refractivity contribution in [3.05, 3.63) is 6.42 Å². The van der Waals surface area contributed by atoms with Crippen molar-refractivity contribution in [2.45, 2.75) is 12.8 Å². The molecule has 0 saturated carbocycles. The summed E-state index contributed by atoms with van der Waals surface area (Å²) in [5, 5.41) is 0. The average molecular weight is 98.2 g/mol. The summed E-state index contributed by atoms with van der Waals surface area (Å²) < 4.78 is 0. The standard InChI is InChI=1S/C6H12N/c1-7-5-3-2-4-6-7/h2H,3-6H2,1H3/q-1. The first kappa shape index (κ1) is 5.10. The maximum absolute atomic E-state index is 2.36. The van der Waals surface area contributed by atoms with E-state index in [-0.39, 0.29) is 0 Å². The second kappa shape index (κ2) is 2.31. The summed E-state index contributed by atoms with van der Waals surface area (Å²) in [5.74, 6) is 0. The minimum atomic E-state index is 1.26. The summed E-state index contributed by atoms with van der Waals surface area (Å²) in [7, 11) is 2.17. The van der Waals surface area contributed by atoms with Gasteiger partial charge < -0.3 is 11.3 Å². The molecule has 0 amide bonds. The maximum atomic E-state index is 2.36. The fourth-order valence-electron chi connectivity index (χ4n) is 0.879. The lowest BCUT2D eigenvalue weighted by Gasteiger charge is -2.27. The van der Waals surface area contributed by atoms with E-state index in [4.69, 9.17) is 0 Å². The van der Waals surface area contributed by atoms with E-state index in [1.165, 1.54) is 25.9 Å². The first-order chi connectivity index (χ1) is 3.39. The zero-order valence-electron chi connectivity index (χ0n) is 4.85. The molecular formula is C6H12N-. The molecule has 7 heavy (non-hydrogen) atoms. The highest BCUT2D eigenvalue weighted by atomic mass is 15.1. The van der Waals surface area contributed by atoms with Gasteiger partial charge in [-0.2, -0.15) is 12.8 Å². The van der Waals surface area contributed by atoms with Crippen LogP contribution >= 0.6 is 0 Å². The number of rotatable bonds is 0. The van der Waals surface area contributed by atoms with Gasteiger partial charge in [0.2, 0.25) is 0 Å². The third-order valence-corrected chi connectivity index (χ3v) is 1.43. The van der Waals surface area contributed by atoms with Crippen LogP contribution in [0.5, 0.6) is 0 Å². The predicted octanol–water partition coefficient (Wildman–Crippen LogP) is 0.916. The second-order valence-corrected chi connectivity index (χ2v) is 2.17. The lowest BCUT2D eigenvalue weighted by Crippen LogP contribution is -2.25. The van der Waals surface area contributed by atoms with E-state index in [0.29, 0.717) is 0 Å². The van der Waals surface area contributed by atoms with Gasteiger partial charge in [0.1, 0.15) is 0 Å². The van der Waals surface area contributed by atoms with Crippen LogP contribution in [0.25, 0.3) is 0 Å². The van der Waals surface area contributed by atoms with Gasteiger partial charge in [0.25, 0.3) is 0 Å². The molecule has 42 valence electrons. The topological polar surface area (TPSA) is 3.24 Å². The monoisotopic (exact) mass is 98.1 g/mol. The second-order valence-electron chi connectivity index (χ2n) is 2.17. The van der Waals surface area contributed by atoms with E-state index in [0.717, 1.165) is 0 Å². The minimum absolute atomic E-state index is 1.26. The van der Waals surface area contributed by atoms with Gasteiger partial charge in [-0.15, -0.1) is 0 Å². The zero-order chi connectivity index (χ0) is 5.11. The fourth-order valence-corrected chi connectivity index (χ4v) is 0.879. The van der Waals surface area contributed by atoms with Gasteiger partial charge in [-0.25, -0.2) is 0 Å². The van der Waals surface area contributed by atoms with Gasteiger partial charge in [-0.1, -0.05) is 0 Å². The van der Waals surface area contributed by atoms with Crippen molar-refractivity contribution in [1.82, 2.24) is 4.90 Å². The van der Waals surface area contributed by atoms with Crippen molar-refractivity contribution in [3.63, 3.8) is 0 Å². The smallest absolute Gasteiger partial charge is 0.0136 e. The highest BCUT2D eigenvalue weighted by molar-refractivity contribution is 4.73. The minimum Gasteiger partial charge on any atom is -0.326 e. The molecule has 0 aliphatic carbocycles. The first-order valence-corrected chi connectivity index (χ1v) is 2.90. The van der Waals surface area contributed by atoms with Crippen molar-refractivity contribution < 1.29 is 0 Å². The van der Waals surface area contributed by atoms with E-state index in [1.807, 2.05) is 0 Å². The van der Waals surface area contributed by atoms with E-state index in [9.17, 15) is 0 Å².